The summed E-state index contributed by atoms with van der Waals surface area (Å²) < 4.78 is 0. The van der Waals surface area contributed by atoms with Gasteiger partial charge in [0.25, 0.3) is 0 Å². The van der Waals surface area contributed by atoms with E-state index in [1.807, 2.05) is 30.5 Å². The Balaban J connectivity index is 1.47. The van der Waals surface area contributed by atoms with Crippen molar-refractivity contribution in [1.29, 1.82) is 0 Å². The Kier molecular flexibility index (Phi) is 4.02. The first-order valence-electron chi connectivity index (χ1n) is 10.2. The van der Waals surface area contributed by atoms with Gasteiger partial charge in [-0.15, -0.1) is 0 Å². The van der Waals surface area contributed by atoms with E-state index in [0.29, 0.717) is 11.7 Å². The van der Waals surface area contributed by atoms with Crippen molar-refractivity contribution in [2.24, 2.45) is 0 Å². The van der Waals surface area contributed by atoms with E-state index < -0.39 is 0 Å². The van der Waals surface area contributed by atoms with Gasteiger partial charge in [-0.2, -0.15) is 5.10 Å². The van der Waals surface area contributed by atoms with Crippen LogP contribution in [0.5, 0.6) is 0 Å². The average Bonchev–Trinajstić information content (AvgIpc) is 3.43. The van der Waals surface area contributed by atoms with Gasteiger partial charge in [0.05, 0.1) is 22.9 Å². The predicted octanol–water partition coefficient (Wildman–Crippen LogP) is 3.43. The summed E-state index contributed by atoms with van der Waals surface area (Å²) >= 11 is 0. The molecule has 3 N–H and O–H groups in total. The normalized spacial score (nSPS) is 15.2. The smallest absolute Gasteiger partial charge is 0.159 e. The van der Waals surface area contributed by atoms with Crippen LogP contribution in [0.1, 0.15) is 24.5 Å². The molecule has 8 heteroatoms. The number of nitrogens with zero attached hydrogens (tertiary/aromatic N) is 5. The first kappa shape index (κ1) is 17.2. The van der Waals surface area contributed by atoms with Crippen molar-refractivity contribution in [2.45, 2.75) is 18.8 Å². The van der Waals surface area contributed by atoms with Crippen molar-refractivity contribution in [3.8, 4) is 22.9 Å². The number of aromatic nitrogens is 7. The molecule has 1 saturated heterocycles. The lowest BCUT2D eigenvalue weighted by Gasteiger charge is -2.21. The van der Waals surface area contributed by atoms with Crippen molar-refractivity contribution < 1.29 is 0 Å². The molecule has 1 aliphatic rings. The summed E-state index contributed by atoms with van der Waals surface area (Å²) in [4.78, 5) is 21.9. The standard InChI is InChI=1S/C22H20N8/c1-2-7-24-15(3-1)20-21-16(6-10-25-20)27-22(28-21)19-14-11-17(13-4-8-23-9-5-13)26-12-18(14)29-30-19/h1-3,6-7,10-13,23H,4-5,8-9H2,(H,27,28)(H,29,30). The van der Waals surface area contributed by atoms with E-state index in [0.717, 1.165) is 70.6 Å². The summed E-state index contributed by atoms with van der Waals surface area (Å²) in [5, 5.41) is 12.1. The largest absolute Gasteiger partial charge is 0.336 e. The Bertz CT molecular complexity index is 1330. The molecule has 0 aromatic carbocycles. The lowest BCUT2D eigenvalue weighted by Crippen LogP contribution is -2.27. The number of piperidine rings is 1. The van der Waals surface area contributed by atoms with E-state index in [1.54, 1.807) is 12.4 Å². The number of H-pyrrole nitrogens is 2. The third-order valence-corrected chi connectivity index (χ3v) is 5.76. The molecule has 0 atom stereocenters. The van der Waals surface area contributed by atoms with Crippen LogP contribution in [0.15, 0.2) is 48.9 Å². The molecule has 30 heavy (non-hydrogen) atoms. The molecule has 8 nitrogen and oxygen atoms in total. The maximum absolute atomic E-state index is 4.85. The van der Waals surface area contributed by atoms with Crippen LogP contribution in [-0.4, -0.2) is 48.2 Å². The van der Waals surface area contributed by atoms with Crippen LogP contribution in [-0.2, 0) is 0 Å². The van der Waals surface area contributed by atoms with E-state index in [2.05, 4.69) is 41.5 Å². The quantitative estimate of drug-likeness (QED) is 0.431. The molecule has 0 aliphatic carbocycles. The first-order valence-corrected chi connectivity index (χ1v) is 10.2. The molecule has 0 spiro atoms. The Hall–Kier alpha value is -3.65. The SMILES string of the molecule is c1ccc(-c2nccc3[nH]c(-c4n[nH]c5cnc(C6CCNCC6)cc45)nc23)nc1. The molecule has 148 valence electrons. The van der Waals surface area contributed by atoms with Crippen molar-refractivity contribution in [2.75, 3.05) is 13.1 Å². The second kappa shape index (κ2) is 7.00. The number of aromatic amines is 2. The van der Waals surface area contributed by atoms with Gasteiger partial charge >= 0.3 is 0 Å². The molecule has 1 fully saturated rings. The van der Waals surface area contributed by atoms with Gasteiger partial charge in [-0.3, -0.25) is 20.1 Å². The fraction of sp³-hybridized carbons (Fsp3) is 0.227. The van der Waals surface area contributed by atoms with Crippen molar-refractivity contribution in [3.05, 3.63) is 54.6 Å². The molecule has 0 saturated carbocycles. The van der Waals surface area contributed by atoms with Crippen LogP contribution in [0.3, 0.4) is 0 Å². The Morgan fingerprint density at radius 2 is 1.83 bits per heavy atom. The van der Waals surface area contributed by atoms with Gasteiger partial charge in [0.15, 0.2) is 5.82 Å². The van der Waals surface area contributed by atoms with E-state index in [4.69, 9.17) is 4.98 Å². The molecule has 0 bridgehead atoms. The average molecular weight is 396 g/mol. The summed E-state index contributed by atoms with van der Waals surface area (Å²) in [6, 6.07) is 9.87. The Labute approximate surface area is 172 Å². The van der Waals surface area contributed by atoms with E-state index in [-0.39, 0.29) is 0 Å². The maximum atomic E-state index is 4.85. The highest BCUT2D eigenvalue weighted by Crippen LogP contribution is 2.31. The second-order valence-corrected chi connectivity index (χ2v) is 7.61. The van der Waals surface area contributed by atoms with Crippen LogP contribution >= 0.6 is 0 Å². The summed E-state index contributed by atoms with van der Waals surface area (Å²) in [7, 11) is 0. The van der Waals surface area contributed by atoms with Crippen molar-refractivity contribution >= 4 is 21.9 Å². The second-order valence-electron chi connectivity index (χ2n) is 7.61. The number of fused-ring (bicyclic) bond motifs is 2. The molecule has 0 radical (unpaired) electrons. The molecule has 1 aliphatic heterocycles. The van der Waals surface area contributed by atoms with Crippen LogP contribution in [0.4, 0.5) is 0 Å². The summed E-state index contributed by atoms with van der Waals surface area (Å²) in [5.74, 6) is 1.19. The highest BCUT2D eigenvalue weighted by molar-refractivity contribution is 5.95. The molecular weight excluding hydrogens is 376 g/mol. The zero-order chi connectivity index (χ0) is 19.9. The minimum atomic E-state index is 0.481. The van der Waals surface area contributed by atoms with Gasteiger partial charge in [-0.1, -0.05) is 6.07 Å². The third-order valence-electron chi connectivity index (χ3n) is 5.76. The van der Waals surface area contributed by atoms with Gasteiger partial charge in [-0.25, -0.2) is 4.98 Å². The minimum Gasteiger partial charge on any atom is -0.336 e. The molecular formula is C22H20N8. The van der Waals surface area contributed by atoms with Crippen molar-refractivity contribution in [3.63, 3.8) is 0 Å². The van der Waals surface area contributed by atoms with Gasteiger partial charge in [0.1, 0.15) is 16.9 Å². The number of hydrogen-bond acceptors (Lipinski definition) is 6. The van der Waals surface area contributed by atoms with Gasteiger partial charge in [0.2, 0.25) is 0 Å². The molecule has 0 amide bonds. The monoisotopic (exact) mass is 396 g/mol. The topological polar surface area (TPSA) is 108 Å². The lowest BCUT2D eigenvalue weighted by atomic mass is 9.93. The highest BCUT2D eigenvalue weighted by atomic mass is 15.1. The van der Waals surface area contributed by atoms with Crippen LogP contribution in [0.25, 0.3) is 44.8 Å². The van der Waals surface area contributed by atoms with E-state index in [9.17, 15) is 0 Å². The molecule has 6 heterocycles. The first-order chi connectivity index (χ1) is 14.9. The number of rotatable bonds is 3. The Morgan fingerprint density at radius 3 is 2.70 bits per heavy atom. The molecule has 5 aromatic rings. The highest BCUT2D eigenvalue weighted by Gasteiger charge is 2.20. The summed E-state index contributed by atoms with van der Waals surface area (Å²) in [6.45, 7) is 2.07. The van der Waals surface area contributed by atoms with Gasteiger partial charge in [0, 0.05) is 29.4 Å². The summed E-state index contributed by atoms with van der Waals surface area (Å²) in [5.41, 5.74) is 6.08. The molecule has 0 unspecified atom stereocenters. The summed E-state index contributed by atoms with van der Waals surface area (Å²) in [6.07, 6.45) is 7.63. The number of hydrogen-bond donors (Lipinski definition) is 3. The van der Waals surface area contributed by atoms with Crippen LogP contribution in [0.2, 0.25) is 0 Å². The van der Waals surface area contributed by atoms with Gasteiger partial charge in [-0.05, 0) is 50.2 Å². The minimum absolute atomic E-state index is 0.481. The maximum Gasteiger partial charge on any atom is 0.159 e. The van der Waals surface area contributed by atoms with E-state index in [1.165, 1.54) is 0 Å². The lowest BCUT2D eigenvalue weighted by molar-refractivity contribution is 0.453. The van der Waals surface area contributed by atoms with Crippen LogP contribution < -0.4 is 5.32 Å². The zero-order valence-electron chi connectivity index (χ0n) is 16.3. The van der Waals surface area contributed by atoms with Crippen LogP contribution in [0, 0.1) is 0 Å². The molecule has 5 aromatic heterocycles. The fourth-order valence-electron chi connectivity index (χ4n) is 4.19. The molecule has 6 rings (SSSR count). The number of imidazole rings is 1. The van der Waals surface area contributed by atoms with E-state index >= 15 is 0 Å². The van der Waals surface area contributed by atoms with Crippen molar-refractivity contribution in [1.82, 2.24) is 40.4 Å². The third kappa shape index (κ3) is 2.84. The Morgan fingerprint density at radius 1 is 0.900 bits per heavy atom. The number of nitrogens with one attached hydrogen (secondary N) is 3. The van der Waals surface area contributed by atoms with Gasteiger partial charge < -0.3 is 10.3 Å². The zero-order valence-corrected chi connectivity index (χ0v) is 16.3. The predicted molar refractivity (Wildman–Crippen MR) is 115 cm³/mol. The number of pyridine rings is 3. The fourth-order valence-corrected chi connectivity index (χ4v) is 4.19.